The normalized spacial score (nSPS) is 10.6. The molecule has 0 atom stereocenters. The Bertz CT molecular complexity index is 378. The Labute approximate surface area is 83.7 Å². The molecule has 1 aromatic heterocycles. The number of nitrogens with one attached hydrogen (secondary N) is 1. The van der Waals surface area contributed by atoms with Crippen LogP contribution in [0.2, 0.25) is 0 Å². The second kappa shape index (κ2) is 4.41. The van der Waals surface area contributed by atoms with Gasteiger partial charge in [0.25, 0.3) is 6.43 Å². The maximum absolute atomic E-state index is 12.3. The van der Waals surface area contributed by atoms with Gasteiger partial charge >= 0.3 is 0 Å². The fourth-order valence-electron chi connectivity index (χ4n) is 1.03. The topological polar surface area (TPSA) is 42.1 Å². The molecule has 14 heavy (non-hydrogen) atoms. The largest absolute Gasteiger partial charge is 0.491 e. The van der Waals surface area contributed by atoms with E-state index < -0.39 is 17.5 Å². The lowest BCUT2D eigenvalue weighted by Gasteiger charge is -2.07. The highest BCUT2D eigenvalue weighted by Gasteiger charge is 2.18. The van der Waals surface area contributed by atoms with Gasteiger partial charge in [-0.25, -0.2) is 8.78 Å². The molecule has 1 aromatic rings. The second-order valence-corrected chi connectivity index (χ2v) is 2.79. The van der Waals surface area contributed by atoms with Crippen molar-refractivity contribution >= 4 is 11.6 Å². The summed E-state index contributed by atoms with van der Waals surface area (Å²) in [4.78, 5) is 13.7. The van der Waals surface area contributed by atoms with Crippen LogP contribution in [0.3, 0.4) is 0 Å². The molecule has 0 unspecified atom stereocenters. The lowest BCUT2D eigenvalue weighted by atomic mass is 10.2. The fourth-order valence-corrected chi connectivity index (χ4v) is 1.23. The van der Waals surface area contributed by atoms with Crippen molar-refractivity contribution in [2.75, 3.05) is 7.11 Å². The first kappa shape index (κ1) is 11.0. The number of rotatable bonds is 3. The van der Waals surface area contributed by atoms with Crippen molar-refractivity contribution in [1.29, 1.82) is 0 Å². The summed E-state index contributed by atoms with van der Waals surface area (Å²) in [5.74, 6) is -0.423. The average molecular weight is 224 g/mol. The SMILES string of the molecule is COc1c(C(F)F)[nH]cc(CCl)c1=O. The molecular formula is C8H8ClF2NO2. The molecule has 0 fully saturated rings. The fraction of sp³-hybridized carbons (Fsp3) is 0.375. The summed E-state index contributed by atoms with van der Waals surface area (Å²) in [7, 11) is 1.16. The maximum atomic E-state index is 12.3. The monoisotopic (exact) mass is 223 g/mol. The first-order chi connectivity index (χ1) is 6.61. The Morgan fingerprint density at radius 3 is 2.71 bits per heavy atom. The Morgan fingerprint density at radius 1 is 1.64 bits per heavy atom. The van der Waals surface area contributed by atoms with Gasteiger partial charge in [0.1, 0.15) is 5.69 Å². The van der Waals surface area contributed by atoms with Crippen molar-refractivity contribution in [3.63, 3.8) is 0 Å². The lowest BCUT2D eigenvalue weighted by molar-refractivity contribution is 0.141. The van der Waals surface area contributed by atoms with Crippen molar-refractivity contribution in [2.45, 2.75) is 12.3 Å². The molecule has 0 radical (unpaired) electrons. The van der Waals surface area contributed by atoms with E-state index in [-0.39, 0.29) is 17.2 Å². The third-order valence-corrected chi connectivity index (χ3v) is 2.00. The van der Waals surface area contributed by atoms with Crippen LogP contribution in [0.5, 0.6) is 5.75 Å². The minimum atomic E-state index is -2.78. The van der Waals surface area contributed by atoms with Crippen LogP contribution in [0.25, 0.3) is 0 Å². The summed E-state index contributed by atoms with van der Waals surface area (Å²) in [6.45, 7) is 0. The molecule has 0 aromatic carbocycles. The van der Waals surface area contributed by atoms with Crippen LogP contribution in [0.1, 0.15) is 17.7 Å². The van der Waals surface area contributed by atoms with Gasteiger partial charge in [-0.15, -0.1) is 11.6 Å². The molecule has 1 rings (SSSR count). The molecular weight excluding hydrogens is 216 g/mol. The summed E-state index contributed by atoms with van der Waals surface area (Å²) < 4.78 is 29.3. The number of H-pyrrole nitrogens is 1. The quantitative estimate of drug-likeness (QED) is 0.797. The highest BCUT2D eigenvalue weighted by atomic mass is 35.5. The Hall–Kier alpha value is -1.10. The number of pyridine rings is 1. The van der Waals surface area contributed by atoms with Gasteiger partial charge in [-0.05, 0) is 0 Å². The van der Waals surface area contributed by atoms with E-state index in [0.29, 0.717) is 0 Å². The summed E-state index contributed by atoms with van der Waals surface area (Å²) in [5, 5.41) is 0. The van der Waals surface area contributed by atoms with Gasteiger partial charge in [0, 0.05) is 11.8 Å². The van der Waals surface area contributed by atoms with E-state index in [0.717, 1.165) is 7.11 Å². The molecule has 78 valence electrons. The molecule has 1 N–H and O–H groups in total. The van der Waals surface area contributed by atoms with Gasteiger partial charge in [-0.3, -0.25) is 4.79 Å². The number of ether oxygens (including phenoxy) is 1. The predicted molar refractivity (Wildman–Crippen MR) is 48.1 cm³/mol. The van der Waals surface area contributed by atoms with Crippen molar-refractivity contribution < 1.29 is 13.5 Å². The van der Waals surface area contributed by atoms with Gasteiger partial charge < -0.3 is 9.72 Å². The zero-order chi connectivity index (χ0) is 10.7. The van der Waals surface area contributed by atoms with Crippen molar-refractivity contribution in [3.8, 4) is 5.75 Å². The number of methoxy groups -OCH3 is 1. The van der Waals surface area contributed by atoms with E-state index >= 15 is 0 Å². The molecule has 0 aliphatic heterocycles. The van der Waals surface area contributed by atoms with Gasteiger partial charge in [-0.1, -0.05) is 0 Å². The first-order valence-electron chi connectivity index (χ1n) is 3.74. The van der Waals surface area contributed by atoms with Crippen molar-refractivity contribution in [3.05, 3.63) is 27.7 Å². The minimum Gasteiger partial charge on any atom is -0.491 e. The molecule has 3 nitrogen and oxygen atoms in total. The van der Waals surface area contributed by atoms with Crippen LogP contribution in [-0.2, 0) is 5.88 Å². The van der Waals surface area contributed by atoms with E-state index in [1.165, 1.54) is 6.20 Å². The van der Waals surface area contributed by atoms with E-state index in [1.54, 1.807) is 0 Å². The molecule has 0 saturated carbocycles. The number of aromatic amines is 1. The molecule has 0 aliphatic rings. The summed E-state index contributed by atoms with van der Waals surface area (Å²) in [6.07, 6.45) is -1.61. The molecule has 0 spiro atoms. The zero-order valence-electron chi connectivity index (χ0n) is 7.31. The van der Waals surface area contributed by atoms with Gasteiger partial charge in [0.2, 0.25) is 5.43 Å². The van der Waals surface area contributed by atoms with Gasteiger partial charge in [0.15, 0.2) is 5.75 Å². The van der Waals surface area contributed by atoms with E-state index in [1.807, 2.05) is 0 Å². The molecule has 0 saturated heterocycles. The number of halogens is 3. The Morgan fingerprint density at radius 2 is 2.29 bits per heavy atom. The van der Waals surface area contributed by atoms with Crippen molar-refractivity contribution in [1.82, 2.24) is 4.98 Å². The number of hydrogen-bond donors (Lipinski definition) is 1. The third kappa shape index (κ3) is 1.87. The predicted octanol–water partition coefficient (Wildman–Crippen LogP) is 2.06. The third-order valence-electron chi connectivity index (χ3n) is 1.71. The molecule has 0 aliphatic carbocycles. The minimum absolute atomic E-state index is 0.0464. The van der Waals surface area contributed by atoms with Crippen LogP contribution < -0.4 is 10.2 Å². The molecule has 1 heterocycles. The summed E-state index contributed by atoms with van der Waals surface area (Å²) >= 11 is 5.43. The molecule has 6 heteroatoms. The van der Waals surface area contributed by atoms with E-state index in [9.17, 15) is 13.6 Å². The van der Waals surface area contributed by atoms with Crippen molar-refractivity contribution in [2.24, 2.45) is 0 Å². The van der Waals surface area contributed by atoms with Crippen LogP contribution in [0.4, 0.5) is 8.78 Å². The van der Waals surface area contributed by atoms with Crippen LogP contribution >= 0.6 is 11.6 Å². The highest BCUT2D eigenvalue weighted by Crippen LogP contribution is 2.23. The Balaban J connectivity index is 3.36. The van der Waals surface area contributed by atoms with Crippen LogP contribution in [-0.4, -0.2) is 12.1 Å². The summed E-state index contributed by atoms with van der Waals surface area (Å²) in [5.41, 5.74) is -0.921. The zero-order valence-corrected chi connectivity index (χ0v) is 8.07. The first-order valence-corrected chi connectivity index (χ1v) is 4.27. The Kier molecular flexibility index (Phi) is 3.46. The van der Waals surface area contributed by atoms with E-state index in [4.69, 9.17) is 11.6 Å². The number of alkyl halides is 3. The second-order valence-electron chi connectivity index (χ2n) is 2.52. The lowest BCUT2D eigenvalue weighted by Crippen LogP contribution is -2.14. The molecule has 0 bridgehead atoms. The summed E-state index contributed by atoms with van der Waals surface area (Å²) in [6, 6.07) is 0. The highest BCUT2D eigenvalue weighted by molar-refractivity contribution is 6.17. The maximum Gasteiger partial charge on any atom is 0.282 e. The van der Waals surface area contributed by atoms with Gasteiger partial charge in [-0.2, -0.15) is 0 Å². The van der Waals surface area contributed by atoms with E-state index in [2.05, 4.69) is 9.72 Å². The molecule has 0 amide bonds. The number of hydrogen-bond acceptors (Lipinski definition) is 2. The number of aromatic nitrogens is 1. The van der Waals surface area contributed by atoms with Crippen LogP contribution in [0.15, 0.2) is 11.0 Å². The van der Waals surface area contributed by atoms with Crippen LogP contribution in [0, 0.1) is 0 Å². The smallest absolute Gasteiger partial charge is 0.282 e. The van der Waals surface area contributed by atoms with Gasteiger partial charge in [0.05, 0.1) is 13.0 Å². The standard InChI is InChI=1S/C8H8ClF2NO2/c1-14-7-5(8(10)11)12-3-4(2-9)6(7)13/h3,8H,2H2,1H3,(H,12,13). The average Bonchev–Trinajstić information content (AvgIpc) is 2.17.